The molecule has 1 fully saturated rings. The van der Waals surface area contributed by atoms with Crippen molar-refractivity contribution < 1.29 is 8.78 Å². The van der Waals surface area contributed by atoms with Crippen LogP contribution in [0.2, 0.25) is 0 Å². The summed E-state index contributed by atoms with van der Waals surface area (Å²) in [5, 5.41) is 0. The quantitative estimate of drug-likeness (QED) is 0.857. The second-order valence-corrected chi connectivity index (χ2v) is 4.96. The van der Waals surface area contributed by atoms with Crippen molar-refractivity contribution in [3.05, 3.63) is 35.4 Å². The molecule has 0 radical (unpaired) electrons. The van der Waals surface area contributed by atoms with Crippen LogP contribution in [-0.2, 0) is 0 Å². The molecular formula is C14H19F2N. The lowest BCUT2D eigenvalue weighted by Crippen LogP contribution is -2.17. The van der Waals surface area contributed by atoms with Gasteiger partial charge in [-0.3, -0.25) is 0 Å². The van der Waals surface area contributed by atoms with Gasteiger partial charge in [0.2, 0.25) is 0 Å². The highest BCUT2D eigenvalue weighted by atomic mass is 19.1. The van der Waals surface area contributed by atoms with E-state index in [-0.39, 0.29) is 5.92 Å². The van der Waals surface area contributed by atoms with Crippen molar-refractivity contribution in [1.82, 2.24) is 0 Å². The summed E-state index contributed by atoms with van der Waals surface area (Å²) in [6.45, 7) is 0.736. The van der Waals surface area contributed by atoms with E-state index in [1.165, 1.54) is 6.07 Å². The Morgan fingerprint density at radius 2 is 1.82 bits per heavy atom. The van der Waals surface area contributed by atoms with Crippen molar-refractivity contribution >= 4 is 0 Å². The second kappa shape index (κ2) is 5.58. The molecule has 3 heteroatoms. The van der Waals surface area contributed by atoms with Crippen molar-refractivity contribution in [3.8, 4) is 0 Å². The molecule has 1 aromatic carbocycles. The molecule has 1 aliphatic rings. The van der Waals surface area contributed by atoms with Gasteiger partial charge in [0.05, 0.1) is 0 Å². The molecule has 0 heterocycles. The third-order valence-corrected chi connectivity index (χ3v) is 3.82. The molecule has 0 atom stereocenters. The van der Waals surface area contributed by atoms with E-state index in [0.29, 0.717) is 11.5 Å². The van der Waals surface area contributed by atoms with Crippen molar-refractivity contribution in [3.63, 3.8) is 0 Å². The SMILES string of the molecule is NCCC1CCC(c2ccc(F)cc2F)CC1. The zero-order chi connectivity index (χ0) is 12.3. The molecule has 0 unspecified atom stereocenters. The van der Waals surface area contributed by atoms with Gasteiger partial charge in [-0.25, -0.2) is 8.78 Å². The maximum absolute atomic E-state index is 13.6. The van der Waals surface area contributed by atoms with Gasteiger partial charge in [0.1, 0.15) is 11.6 Å². The first-order valence-electron chi connectivity index (χ1n) is 6.35. The van der Waals surface area contributed by atoms with E-state index in [2.05, 4.69) is 0 Å². The molecule has 0 bridgehead atoms. The lowest BCUT2D eigenvalue weighted by Gasteiger charge is -2.28. The molecule has 1 nitrogen and oxygen atoms in total. The summed E-state index contributed by atoms with van der Waals surface area (Å²) in [4.78, 5) is 0. The standard InChI is InChI=1S/C14H19F2N/c15-12-5-6-13(14(16)9-12)11-3-1-10(2-4-11)7-8-17/h5-6,9-11H,1-4,7-8,17H2. The zero-order valence-corrected chi connectivity index (χ0v) is 9.96. The van der Waals surface area contributed by atoms with Gasteiger partial charge in [-0.15, -0.1) is 0 Å². The summed E-state index contributed by atoms with van der Waals surface area (Å²) in [5.74, 6) is 0.0553. The number of hydrogen-bond acceptors (Lipinski definition) is 1. The predicted molar refractivity (Wildman–Crippen MR) is 64.7 cm³/mol. The molecule has 1 saturated carbocycles. The summed E-state index contributed by atoms with van der Waals surface area (Å²) in [5.41, 5.74) is 6.22. The van der Waals surface area contributed by atoms with Crippen molar-refractivity contribution in [2.45, 2.75) is 38.0 Å². The number of hydrogen-bond donors (Lipinski definition) is 1. The van der Waals surface area contributed by atoms with Gasteiger partial charge in [0.25, 0.3) is 0 Å². The zero-order valence-electron chi connectivity index (χ0n) is 9.96. The van der Waals surface area contributed by atoms with E-state index in [9.17, 15) is 8.78 Å². The summed E-state index contributed by atoms with van der Waals surface area (Å²) < 4.78 is 26.4. The normalized spacial score (nSPS) is 24.9. The molecular weight excluding hydrogens is 220 g/mol. The lowest BCUT2D eigenvalue weighted by molar-refractivity contribution is 0.309. The fourth-order valence-corrected chi connectivity index (χ4v) is 2.83. The van der Waals surface area contributed by atoms with Crippen LogP contribution in [0.15, 0.2) is 18.2 Å². The first-order chi connectivity index (χ1) is 8.20. The first kappa shape index (κ1) is 12.5. The Morgan fingerprint density at radius 3 is 2.41 bits per heavy atom. The average Bonchev–Trinajstić information content (AvgIpc) is 2.31. The fourth-order valence-electron chi connectivity index (χ4n) is 2.83. The van der Waals surface area contributed by atoms with Crippen LogP contribution in [0.4, 0.5) is 8.78 Å². The molecule has 0 saturated heterocycles. The Balaban J connectivity index is 2.00. The van der Waals surface area contributed by atoms with Gasteiger partial charge in [-0.1, -0.05) is 6.07 Å². The Labute approximate surface area is 101 Å². The lowest BCUT2D eigenvalue weighted by atomic mass is 9.77. The Bertz CT molecular complexity index is 370. The third kappa shape index (κ3) is 3.03. The summed E-state index contributed by atoms with van der Waals surface area (Å²) in [7, 11) is 0. The molecule has 94 valence electrons. The summed E-state index contributed by atoms with van der Waals surface area (Å²) in [6, 6.07) is 3.93. The first-order valence-corrected chi connectivity index (χ1v) is 6.35. The Morgan fingerprint density at radius 1 is 1.12 bits per heavy atom. The molecule has 0 amide bonds. The van der Waals surface area contributed by atoms with Crippen LogP contribution >= 0.6 is 0 Å². The third-order valence-electron chi connectivity index (χ3n) is 3.82. The van der Waals surface area contributed by atoms with Gasteiger partial charge in [0, 0.05) is 6.07 Å². The molecule has 1 aliphatic carbocycles. The van der Waals surface area contributed by atoms with Crippen LogP contribution < -0.4 is 5.73 Å². The molecule has 0 spiro atoms. The average molecular weight is 239 g/mol. The highest BCUT2D eigenvalue weighted by molar-refractivity contribution is 5.23. The summed E-state index contributed by atoms with van der Waals surface area (Å²) in [6.07, 6.45) is 5.27. The Kier molecular flexibility index (Phi) is 4.11. The van der Waals surface area contributed by atoms with E-state index in [0.717, 1.165) is 44.7 Å². The second-order valence-electron chi connectivity index (χ2n) is 4.96. The van der Waals surface area contributed by atoms with Crippen LogP contribution in [0.3, 0.4) is 0 Å². The van der Waals surface area contributed by atoms with Crippen LogP contribution in [0.25, 0.3) is 0 Å². The summed E-state index contributed by atoms with van der Waals surface area (Å²) >= 11 is 0. The Hall–Kier alpha value is -0.960. The van der Waals surface area contributed by atoms with E-state index in [1.54, 1.807) is 6.07 Å². The van der Waals surface area contributed by atoms with Crippen LogP contribution in [0.5, 0.6) is 0 Å². The van der Waals surface area contributed by atoms with E-state index in [1.807, 2.05) is 0 Å². The monoisotopic (exact) mass is 239 g/mol. The number of nitrogens with two attached hydrogens (primary N) is 1. The van der Waals surface area contributed by atoms with Gasteiger partial charge >= 0.3 is 0 Å². The molecule has 0 aromatic heterocycles. The van der Waals surface area contributed by atoms with E-state index >= 15 is 0 Å². The molecule has 1 aromatic rings. The van der Waals surface area contributed by atoms with E-state index < -0.39 is 11.6 Å². The van der Waals surface area contributed by atoms with Gasteiger partial charge < -0.3 is 5.73 Å². The highest BCUT2D eigenvalue weighted by Gasteiger charge is 2.23. The molecule has 0 aliphatic heterocycles. The molecule has 17 heavy (non-hydrogen) atoms. The minimum atomic E-state index is -0.497. The molecule has 2 rings (SSSR count). The maximum atomic E-state index is 13.6. The van der Waals surface area contributed by atoms with Crippen molar-refractivity contribution in [1.29, 1.82) is 0 Å². The number of rotatable bonds is 3. The van der Waals surface area contributed by atoms with Crippen molar-refractivity contribution in [2.75, 3.05) is 6.54 Å². The number of benzene rings is 1. The van der Waals surface area contributed by atoms with Crippen molar-refractivity contribution in [2.24, 2.45) is 11.7 Å². The van der Waals surface area contributed by atoms with Gasteiger partial charge in [-0.2, -0.15) is 0 Å². The smallest absolute Gasteiger partial charge is 0.129 e. The molecule has 2 N–H and O–H groups in total. The van der Waals surface area contributed by atoms with Crippen LogP contribution in [0, 0.1) is 17.6 Å². The minimum absolute atomic E-state index is 0.254. The minimum Gasteiger partial charge on any atom is -0.330 e. The van der Waals surface area contributed by atoms with Gasteiger partial charge in [0.15, 0.2) is 0 Å². The number of halogens is 2. The fraction of sp³-hybridized carbons (Fsp3) is 0.571. The topological polar surface area (TPSA) is 26.0 Å². The van der Waals surface area contributed by atoms with Crippen LogP contribution in [-0.4, -0.2) is 6.54 Å². The van der Waals surface area contributed by atoms with Gasteiger partial charge in [-0.05, 0) is 62.1 Å². The highest BCUT2D eigenvalue weighted by Crippen LogP contribution is 2.37. The largest absolute Gasteiger partial charge is 0.330 e. The predicted octanol–water partition coefficient (Wildman–Crippen LogP) is 3.59. The van der Waals surface area contributed by atoms with E-state index in [4.69, 9.17) is 5.73 Å². The maximum Gasteiger partial charge on any atom is 0.129 e. The van der Waals surface area contributed by atoms with Crippen LogP contribution in [0.1, 0.15) is 43.6 Å².